The lowest BCUT2D eigenvalue weighted by Crippen LogP contribution is -2.50. The highest BCUT2D eigenvalue weighted by atomic mass is 16.2. The van der Waals surface area contributed by atoms with Gasteiger partial charge in [0.25, 0.3) is 5.91 Å². The van der Waals surface area contributed by atoms with Gasteiger partial charge in [0.15, 0.2) is 0 Å². The van der Waals surface area contributed by atoms with Crippen LogP contribution in [0, 0.1) is 12.8 Å². The molecule has 1 aliphatic heterocycles. The van der Waals surface area contributed by atoms with Crippen LogP contribution in [0.3, 0.4) is 0 Å². The lowest BCUT2D eigenvalue weighted by atomic mass is 9.75. The molecule has 28 heavy (non-hydrogen) atoms. The quantitative estimate of drug-likeness (QED) is 0.790. The predicted octanol–water partition coefficient (Wildman–Crippen LogP) is 3.41. The fourth-order valence-electron chi connectivity index (χ4n) is 4.27. The minimum Gasteiger partial charge on any atom is -0.337 e. The predicted molar refractivity (Wildman–Crippen MR) is 108 cm³/mol. The molecule has 1 aliphatic carbocycles. The SMILES string of the molecule is CCC1CCC2(CC1)NC(=O)N(CC(=O)N(C)C(C)c1ccc(C)cc1)C2=O. The Balaban J connectivity index is 1.65. The summed E-state index contributed by atoms with van der Waals surface area (Å²) in [6.07, 6.45) is 4.30. The average molecular weight is 386 g/mol. The topological polar surface area (TPSA) is 69.7 Å². The Labute approximate surface area is 167 Å². The molecule has 4 amide bonds. The number of hydrogen-bond donors (Lipinski definition) is 1. The first kappa shape index (κ1) is 20.4. The van der Waals surface area contributed by atoms with Crippen molar-refractivity contribution < 1.29 is 14.4 Å². The van der Waals surface area contributed by atoms with E-state index in [0.29, 0.717) is 18.8 Å². The third kappa shape index (κ3) is 3.77. The van der Waals surface area contributed by atoms with E-state index in [2.05, 4.69) is 12.2 Å². The van der Waals surface area contributed by atoms with E-state index >= 15 is 0 Å². The zero-order chi connectivity index (χ0) is 20.5. The van der Waals surface area contributed by atoms with Crippen molar-refractivity contribution in [2.75, 3.05) is 13.6 Å². The summed E-state index contributed by atoms with van der Waals surface area (Å²) >= 11 is 0. The zero-order valence-electron chi connectivity index (χ0n) is 17.3. The number of aryl methyl sites for hydroxylation is 1. The summed E-state index contributed by atoms with van der Waals surface area (Å²) < 4.78 is 0. The van der Waals surface area contributed by atoms with E-state index in [1.54, 1.807) is 11.9 Å². The highest BCUT2D eigenvalue weighted by molar-refractivity contribution is 6.09. The largest absolute Gasteiger partial charge is 0.337 e. The summed E-state index contributed by atoms with van der Waals surface area (Å²) in [6.45, 7) is 5.91. The Hall–Kier alpha value is -2.37. The maximum Gasteiger partial charge on any atom is 0.325 e. The van der Waals surface area contributed by atoms with Crippen molar-refractivity contribution in [2.24, 2.45) is 5.92 Å². The molecule has 0 aromatic heterocycles. The molecule has 0 bridgehead atoms. The van der Waals surface area contributed by atoms with Crippen molar-refractivity contribution in [3.8, 4) is 0 Å². The number of rotatable bonds is 5. The summed E-state index contributed by atoms with van der Waals surface area (Å²) in [5.74, 6) is 0.139. The summed E-state index contributed by atoms with van der Waals surface area (Å²) in [4.78, 5) is 41.0. The molecule has 152 valence electrons. The van der Waals surface area contributed by atoms with E-state index in [0.717, 1.165) is 35.3 Å². The summed E-state index contributed by atoms with van der Waals surface area (Å²) in [6, 6.07) is 7.44. The molecule has 1 saturated carbocycles. The molecule has 1 heterocycles. The number of benzene rings is 1. The van der Waals surface area contributed by atoms with Crippen LogP contribution in [0.25, 0.3) is 0 Å². The van der Waals surface area contributed by atoms with E-state index < -0.39 is 11.6 Å². The molecule has 6 nitrogen and oxygen atoms in total. The second-order valence-corrected chi connectivity index (χ2v) is 8.35. The lowest BCUT2D eigenvalue weighted by Gasteiger charge is -2.34. The van der Waals surface area contributed by atoms with Crippen molar-refractivity contribution in [1.29, 1.82) is 0 Å². The molecule has 0 radical (unpaired) electrons. The lowest BCUT2D eigenvalue weighted by molar-refractivity contribution is -0.140. The normalized spacial score (nSPS) is 25.7. The van der Waals surface area contributed by atoms with Crippen LogP contribution in [0.1, 0.15) is 63.1 Å². The fourth-order valence-corrected chi connectivity index (χ4v) is 4.27. The average Bonchev–Trinajstić information content (AvgIpc) is 2.92. The Bertz CT molecular complexity index is 751. The number of imide groups is 1. The fraction of sp³-hybridized carbons (Fsp3) is 0.591. The van der Waals surface area contributed by atoms with Crippen LogP contribution in [0.5, 0.6) is 0 Å². The molecular weight excluding hydrogens is 354 g/mol. The Morgan fingerprint density at radius 2 is 1.86 bits per heavy atom. The summed E-state index contributed by atoms with van der Waals surface area (Å²) in [5, 5.41) is 2.89. The highest BCUT2D eigenvalue weighted by Gasteiger charge is 2.52. The second-order valence-electron chi connectivity index (χ2n) is 8.35. The third-order valence-corrected chi connectivity index (χ3v) is 6.61. The van der Waals surface area contributed by atoms with Gasteiger partial charge in [-0.3, -0.25) is 14.5 Å². The number of nitrogens with zero attached hydrogens (tertiary/aromatic N) is 2. The molecule has 2 aliphatic rings. The van der Waals surface area contributed by atoms with Crippen molar-refractivity contribution >= 4 is 17.8 Å². The standard InChI is InChI=1S/C22H31N3O3/c1-5-17-10-12-22(13-11-17)20(27)25(21(28)23-22)14-19(26)24(4)16(3)18-8-6-15(2)7-9-18/h6-9,16-17H,5,10-14H2,1-4H3,(H,23,28). The second kappa shape index (κ2) is 7.94. The summed E-state index contributed by atoms with van der Waals surface area (Å²) in [7, 11) is 1.72. The number of carbonyl (C=O) groups is 3. The van der Waals surface area contributed by atoms with Gasteiger partial charge in [-0.15, -0.1) is 0 Å². The van der Waals surface area contributed by atoms with E-state index in [1.807, 2.05) is 38.1 Å². The molecule has 6 heteroatoms. The number of nitrogens with one attached hydrogen (secondary N) is 1. The van der Waals surface area contributed by atoms with E-state index in [4.69, 9.17) is 0 Å². The van der Waals surface area contributed by atoms with Crippen LogP contribution in [-0.4, -0.2) is 46.8 Å². The molecule has 1 N–H and O–H groups in total. The van der Waals surface area contributed by atoms with Gasteiger partial charge in [0, 0.05) is 7.05 Å². The first-order chi connectivity index (χ1) is 13.3. The highest BCUT2D eigenvalue weighted by Crippen LogP contribution is 2.37. The molecule has 1 spiro atoms. The molecule has 1 saturated heterocycles. The monoisotopic (exact) mass is 385 g/mol. The van der Waals surface area contributed by atoms with Crippen molar-refractivity contribution in [3.63, 3.8) is 0 Å². The van der Waals surface area contributed by atoms with E-state index in [1.165, 1.54) is 0 Å². The Kier molecular flexibility index (Phi) is 5.77. The number of amides is 4. The van der Waals surface area contributed by atoms with Crippen LogP contribution in [0.2, 0.25) is 0 Å². The van der Waals surface area contributed by atoms with Gasteiger partial charge in [-0.25, -0.2) is 4.79 Å². The first-order valence-corrected chi connectivity index (χ1v) is 10.2. The molecular formula is C22H31N3O3. The van der Waals surface area contributed by atoms with Gasteiger partial charge in [0.2, 0.25) is 5.91 Å². The van der Waals surface area contributed by atoms with Gasteiger partial charge in [-0.05, 0) is 51.0 Å². The van der Waals surface area contributed by atoms with E-state index in [-0.39, 0.29) is 24.4 Å². The van der Waals surface area contributed by atoms with Gasteiger partial charge in [-0.2, -0.15) is 0 Å². The van der Waals surface area contributed by atoms with Gasteiger partial charge >= 0.3 is 6.03 Å². The minimum atomic E-state index is -0.801. The molecule has 1 aromatic carbocycles. The molecule has 2 fully saturated rings. The van der Waals surface area contributed by atoms with Gasteiger partial charge < -0.3 is 10.2 Å². The number of carbonyl (C=O) groups excluding carboxylic acids is 3. The van der Waals surface area contributed by atoms with Gasteiger partial charge in [0.05, 0.1) is 6.04 Å². The van der Waals surface area contributed by atoms with Crippen LogP contribution in [0.15, 0.2) is 24.3 Å². The van der Waals surface area contributed by atoms with Crippen LogP contribution in [0.4, 0.5) is 4.79 Å². The molecule has 1 aromatic rings. The molecule has 1 atom stereocenters. The maximum atomic E-state index is 13.0. The third-order valence-electron chi connectivity index (χ3n) is 6.61. The van der Waals surface area contributed by atoms with Crippen molar-refractivity contribution in [2.45, 2.75) is 64.5 Å². The van der Waals surface area contributed by atoms with Crippen molar-refractivity contribution in [3.05, 3.63) is 35.4 Å². The molecule has 3 rings (SSSR count). The summed E-state index contributed by atoms with van der Waals surface area (Å²) in [5.41, 5.74) is 1.38. The number of likely N-dealkylation sites (N-methyl/N-ethyl adjacent to an activating group) is 1. The van der Waals surface area contributed by atoms with Crippen LogP contribution in [-0.2, 0) is 9.59 Å². The maximum absolute atomic E-state index is 13.0. The van der Waals surface area contributed by atoms with Crippen LogP contribution < -0.4 is 5.32 Å². The number of urea groups is 1. The zero-order valence-corrected chi connectivity index (χ0v) is 17.3. The molecule has 1 unspecified atom stereocenters. The minimum absolute atomic E-state index is 0.136. The van der Waals surface area contributed by atoms with Gasteiger partial charge in [-0.1, -0.05) is 43.2 Å². The number of hydrogen-bond acceptors (Lipinski definition) is 3. The van der Waals surface area contributed by atoms with Crippen LogP contribution >= 0.6 is 0 Å². The first-order valence-electron chi connectivity index (χ1n) is 10.2. The smallest absolute Gasteiger partial charge is 0.325 e. The van der Waals surface area contributed by atoms with E-state index in [9.17, 15) is 14.4 Å². The Morgan fingerprint density at radius 3 is 2.43 bits per heavy atom. The van der Waals surface area contributed by atoms with Crippen molar-refractivity contribution in [1.82, 2.24) is 15.1 Å². The van der Waals surface area contributed by atoms with Gasteiger partial charge in [0.1, 0.15) is 12.1 Å². The Morgan fingerprint density at radius 1 is 1.25 bits per heavy atom.